The van der Waals surface area contributed by atoms with E-state index in [-0.39, 0.29) is 16.9 Å². The molecule has 0 radical (unpaired) electrons. The Morgan fingerprint density at radius 1 is 1.16 bits per heavy atom. The van der Waals surface area contributed by atoms with Crippen molar-refractivity contribution < 1.29 is 18.3 Å². The van der Waals surface area contributed by atoms with Crippen molar-refractivity contribution in [1.29, 1.82) is 0 Å². The SMILES string of the molecule is COc1cccc(C(=O)c2cc(F)ccc2Br)c1F. The number of halogens is 3. The van der Waals surface area contributed by atoms with Gasteiger partial charge >= 0.3 is 0 Å². The van der Waals surface area contributed by atoms with Crippen molar-refractivity contribution >= 4 is 21.7 Å². The largest absolute Gasteiger partial charge is 0.494 e. The Labute approximate surface area is 117 Å². The average Bonchev–Trinajstić information content (AvgIpc) is 2.41. The van der Waals surface area contributed by atoms with Crippen LogP contribution < -0.4 is 4.74 Å². The number of carbonyl (C=O) groups is 1. The standard InChI is InChI=1S/C14H9BrF2O2/c1-19-12-4-2-3-9(13(12)17)14(18)10-7-8(16)5-6-11(10)15/h2-7H,1H3. The first-order chi connectivity index (χ1) is 9.04. The van der Waals surface area contributed by atoms with Gasteiger partial charge in [0.2, 0.25) is 0 Å². The molecule has 0 heterocycles. The molecule has 0 fully saturated rings. The molecule has 0 atom stereocenters. The number of rotatable bonds is 3. The fourth-order valence-electron chi connectivity index (χ4n) is 1.66. The van der Waals surface area contributed by atoms with Crippen LogP contribution in [0.2, 0.25) is 0 Å². The molecule has 2 aromatic carbocycles. The second kappa shape index (κ2) is 5.48. The van der Waals surface area contributed by atoms with Crippen molar-refractivity contribution in [2.75, 3.05) is 7.11 Å². The number of methoxy groups -OCH3 is 1. The topological polar surface area (TPSA) is 26.3 Å². The van der Waals surface area contributed by atoms with Crippen molar-refractivity contribution in [2.24, 2.45) is 0 Å². The van der Waals surface area contributed by atoms with E-state index in [2.05, 4.69) is 15.9 Å². The zero-order valence-electron chi connectivity index (χ0n) is 9.91. The summed E-state index contributed by atoms with van der Waals surface area (Å²) in [6, 6.07) is 7.92. The zero-order valence-corrected chi connectivity index (χ0v) is 11.5. The van der Waals surface area contributed by atoms with Gasteiger partial charge in [0.05, 0.1) is 12.7 Å². The highest BCUT2D eigenvalue weighted by molar-refractivity contribution is 9.10. The van der Waals surface area contributed by atoms with E-state index in [0.29, 0.717) is 4.47 Å². The Morgan fingerprint density at radius 3 is 2.58 bits per heavy atom. The molecule has 0 saturated carbocycles. The average molecular weight is 327 g/mol. The van der Waals surface area contributed by atoms with Crippen molar-refractivity contribution in [3.8, 4) is 5.75 Å². The third kappa shape index (κ3) is 2.66. The maximum Gasteiger partial charge on any atom is 0.197 e. The Hall–Kier alpha value is -1.75. The molecule has 0 aliphatic carbocycles. The molecular weight excluding hydrogens is 318 g/mol. The number of hydrogen-bond acceptors (Lipinski definition) is 2. The van der Waals surface area contributed by atoms with Crippen molar-refractivity contribution in [3.63, 3.8) is 0 Å². The first kappa shape index (κ1) is 13.7. The first-order valence-electron chi connectivity index (χ1n) is 5.37. The molecule has 0 saturated heterocycles. The minimum atomic E-state index is -0.758. The quantitative estimate of drug-likeness (QED) is 0.798. The lowest BCUT2D eigenvalue weighted by Crippen LogP contribution is -2.06. The fourth-order valence-corrected chi connectivity index (χ4v) is 2.09. The number of ether oxygens (including phenoxy) is 1. The monoisotopic (exact) mass is 326 g/mol. The van der Waals surface area contributed by atoms with Crippen LogP contribution in [0.15, 0.2) is 40.9 Å². The molecule has 0 bridgehead atoms. The van der Waals surface area contributed by atoms with Crippen LogP contribution in [0.5, 0.6) is 5.75 Å². The van der Waals surface area contributed by atoms with Crippen molar-refractivity contribution in [2.45, 2.75) is 0 Å². The summed E-state index contributed by atoms with van der Waals surface area (Å²) in [6.45, 7) is 0. The minimum Gasteiger partial charge on any atom is -0.494 e. The van der Waals surface area contributed by atoms with Gasteiger partial charge < -0.3 is 4.74 Å². The van der Waals surface area contributed by atoms with Gasteiger partial charge in [0.25, 0.3) is 0 Å². The molecule has 0 spiro atoms. The highest BCUT2D eigenvalue weighted by Gasteiger charge is 2.19. The van der Waals surface area contributed by atoms with Gasteiger partial charge in [0, 0.05) is 10.0 Å². The molecule has 19 heavy (non-hydrogen) atoms. The van der Waals surface area contributed by atoms with Gasteiger partial charge in [-0.2, -0.15) is 0 Å². The molecule has 0 aliphatic heterocycles. The predicted molar refractivity (Wildman–Crippen MR) is 70.5 cm³/mol. The summed E-state index contributed by atoms with van der Waals surface area (Å²) >= 11 is 3.15. The Morgan fingerprint density at radius 2 is 1.89 bits per heavy atom. The molecule has 0 N–H and O–H groups in total. The predicted octanol–water partition coefficient (Wildman–Crippen LogP) is 3.97. The van der Waals surface area contributed by atoms with Gasteiger partial charge in [-0.15, -0.1) is 0 Å². The third-order valence-electron chi connectivity index (χ3n) is 2.60. The number of carbonyl (C=O) groups excluding carboxylic acids is 1. The highest BCUT2D eigenvalue weighted by atomic mass is 79.9. The number of ketones is 1. The molecule has 0 amide bonds. The lowest BCUT2D eigenvalue weighted by molar-refractivity contribution is 0.103. The number of hydrogen-bond donors (Lipinski definition) is 0. The van der Waals surface area contributed by atoms with Gasteiger partial charge in [-0.3, -0.25) is 4.79 Å². The van der Waals surface area contributed by atoms with Crippen LogP contribution in [0, 0.1) is 11.6 Å². The van der Waals surface area contributed by atoms with E-state index in [0.717, 1.165) is 6.07 Å². The zero-order chi connectivity index (χ0) is 14.0. The van der Waals surface area contributed by atoms with Crippen LogP contribution in [0.25, 0.3) is 0 Å². The molecule has 0 aromatic heterocycles. The summed E-state index contributed by atoms with van der Waals surface area (Å²) in [4.78, 5) is 12.2. The van der Waals surface area contributed by atoms with Crippen molar-refractivity contribution in [3.05, 3.63) is 63.6 Å². The van der Waals surface area contributed by atoms with Gasteiger partial charge in [0.1, 0.15) is 5.82 Å². The molecule has 0 unspecified atom stereocenters. The minimum absolute atomic E-state index is 0.0293. The van der Waals surface area contributed by atoms with E-state index in [9.17, 15) is 13.6 Å². The maximum absolute atomic E-state index is 14.0. The fraction of sp³-hybridized carbons (Fsp3) is 0.0714. The van der Waals surface area contributed by atoms with E-state index >= 15 is 0 Å². The summed E-state index contributed by atoms with van der Waals surface area (Å²) in [6.07, 6.45) is 0. The van der Waals surface area contributed by atoms with Gasteiger partial charge in [0.15, 0.2) is 17.3 Å². The summed E-state index contributed by atoms with van der Waals surface area (Å²) < 4.78 is 32.4. The summed E-state index contributed by atoms with van der Waals surface area (Å²) in [5.41, 5.74) is -0.0993. The van der Waals surface area contributed by atoms with Gasteiger partial charge in [-0.25, -0.2) is 8.78 Å². The molecule has 0 aliphatic rings. The molecular formula is C14H9BrF2O2. The Bertz CT molecular complexity index is 641. The van der Waals surface area contributed by atoms with Crippen LogP contribution in [0.3, 0.4) is 0 Å². The molecule has 5 heteroatoms. The number of benzene rings is 2. The first-order valence-corrected chi connectivity index (χ1v) is 6.16. The lowest BCUT2D eigenvalue weighted by Gasteiger charge is -2.08. The normalized spacial score (nSPS) is 10.3. The second-order valence-electron chi connectivity index (χ2n) is 3.78. The molecule has 98 valence electrons. The third-order valence-corrected chi connectivity index (χ3v) is 3.29. The smallest absolute Gasteiger partial charge is 0.197 e. The Kier molecular flexibility index (Phi) is 3.95. The van der Waals surface area contributed by atoms with Crippen LogP contribution in [-0.2, 0) is 0 Å². The highest BCUT2D eigenvalue weighted by Crippen LogP contribution is 2.26. The van der Waals surface area contributed by atoms with Crippen LogP contribution in [0.1, 0.15) is 15.9 Å². The van der Waals surface area contributed by atoms with E-state index < -0.39 is 17.4 Å². The molecule has 2 rings (SSSR count). The summed E-state index contributed by atoms with van der Waals surface area (Å²) in [5, 5.41) is 0. The summed E-state index contributed by atoms with van der Waals surface area (Å²) in [7, 11) is 1.31. The van der Waals surface area contributed by atoms with E-state index in [1.807, 2.05) is 0 Å². The van der Waals surface area contributed by atoms with Crippen molar-refractivity contribution in [1.82, 2.24) is 0 Å². The summed E-state index contributed by atoms with van der Waals surface area (Å²) in [5.74, 6) is -1.96. The van der Waals surface area contributed by atoms with Crippen LogP contribution >= 0.6 is 15.9 Å². The van der Waals surface area contributed by atoms with Crippen LogP contribution in [-0.4, -0.2) is 12.9 Å². The lowest BCUT2D eigenvalue weighted by atomic mass is 10.0. The van der Waals surface area contributed by atoms with E-state index in [4.69, 9.17) is 4.74 Å². The maximum atomic E-state index is 14.0. The van der Waals surface area contributed by atoms with Gasteiger partial charge in [-0.05, 0) is 30.3 Å². The molecule has 2 aromatic rings. The molecule has 2 nitrogen and oxygen atoms in total. The van der Waals surface area contributed by atoms with E-state index in [1.165, 1.54) is 37.4 Å². The van der Waals surface area contributed by atoms with Gasteiger partial charge in [-0.1, -0.05) is 22.0 Å². The van der Waals surface area contributed by atoms with Crippen LogP contribution in [0.4, 0.5) is 8.78 Å². The second-order valence-corrected chi connectivity index (χ2v) is 4.63. The Balaban J connectivity index is 2.53. The van der Waals surface area contributed by atoms with E-state index in [1.54, 1.807) is 0 Å².